The van der Waals surface area contributed by atoms with Crippen molar-refractivity contribution in [3.8, 4) is 5.75 Å². The van der Waals surface area contributed by atoms with Gasteiger partial charge in [-0.15, -0.1) is 0 Å². The zero-order valence-electron chi connectivity index (χ0n) is 15.4. The lowest BCUT2D eigenvalue weighted by molar-refractivity contribution is -0.144. The van der Waals surface area contributed by atoms with Crippen molar-refractivity contribution in [1.29, 1.82) is 0 Å². The highest BCUT2D eigenvalue weighted by Crippen LogP contribution is 2.36. The van der Waals surface area contributed by atoms with Gasteiger partial charge >= 0.3 is 5.97 Å². The van der Waals surface area contributed by atoms with E-state index in [1.165, 1.54) is 29.1 Å². The van der Waals surface area contributed by atoms with Crippen LogP contribution in [0.2, 0.25) is 0 Å². The Balaban J connectivity index is 1.76. The molecule has 1 aliphatic rings. The summed E-state index contributed by atoms with van der Waals surface area (Å²) < 4.78 is 5.81. The van der Waals surface area contributed by atoms with Crippen LogP contribution in [-0.2, 0) is 16.0 Å². The van der Waals surface area contributed by atoms with Crippen molar-refractivity contribution in [2.45, 2.75) is 26.4 Å². The molecular weight excluding hydrogens is 394 g/mol. The maximum absolute atomic E-state index is 12.8. The van der Waals surface area contributed by atoms with Crippen molar-refractivity contribution in [1.82, 2.24) is 0 Å². The van der Waals surface area contributed by atoms with Crippen LogP contribution in [0.3, 0.4) is 0 Å². The van der Waals surface area contributed by atoms with Crippen LogP contribution in [0.15, 0.2) is 53.4 Å². The minimum absolute atomic E-state index is 0.154. The summed E-state index contributed by atoms with van der Waals surface area (Å²) in [4.78, 5) is 25.8. The SMILES string of the molecule is CCc1ccc(N2C(=O)/C(=C\c3ccc(OC(C)C(=O)O)cc3)SC2=S)cc1. The molecule has 7 heteroatoms. The Hall–Kier alpha value is -2.64. The molecular formula is C21H19NO4S2. The quantitative estimate of drug-likeness (QED) is 0.555. The summed E-state index contributed by atoms with van der Waals surface area (Å²) in [6.07, 6.45) is 1.77. The van der Waals surface area contributed by atoms with Crippen molar-refractivity contribution in [3.63, 3.8) is 0 Å². The Kier molecular flexibility index (Phi) is 6.16. The van der Waals surface area contributed by atoms with Crippen LogP contribution in [0.5, 0.6) is 5.75 Å². The first-order chi connectivity index (χ1) is 13.4. The lowest BCUT2D eigenvalue weighted by Crippen LogP contribution is -2.27. The second-order valence-corrected chi connectivity index (χ2v) is 7.88. The number of nitrogens with zero attached hydrogens (tertiary/aromatic N) is 1. The second-order valence-electron chi connectivity index (χ2n) is 6.20. The molecule has 28 heavy (non-hydrogen) atoms. The van der Waals surface area contributed by atoms with Gasteiger partial charge in [-0.2, -0.15) is 0 Å². The van der Waals surface area contributed by atoms with E-state index in [-0.39, 0.29) is 5.91 Å². The van der Waals surface area contributed by atoms with Gasteiger partial charge in [0.1, 0.15) is 5.75 Å². The second kappa shape index (κ2) is 8.58. The molecule has 1 aliphatic heterocycles. The van der Waals surface area contributed by atoms with Gasteiger partial charge in [-0.25, -0.2) is 4.79 Å². The number of hydrogen-bond donors (Lipinski definition) is 1. The number of rotatable bonds is 6. The summed E-state index contributed by atoms with van der Waals surface area (Å²) >= 11 is 6.66. The highest BCUT2D eigenvalue weighted by molar-refractivity contribution is 8.27. The number of carbonyl (C=O) groups excluding carboxylic acids is 1. The normalized spacial score (nSPS) is 16.5. The van der Waals surface area contributed by atoms with Crippen LogP contribution in [0, 0.1) is 0 Å². The van der Waals surface area contributed by atoms with Crippen molar-refractivity contribution in [3.05, 3.63) is 64.6 Å². The van der Waals surface area contributed by atoms with Crippen LogP contribution >= 0.6 is 24.0 Å². The summed E-state index contributed by atoms with van der Waals surface area (Å²) in [6.45, 7) is 3.55. The maximum atomic E-state index is 12.8. The molecule has 2 aromatic carbocycles. The number of amides is 1. The van der Waals surface area contributed by atoms with E-state index in [1.807, 2.05) is 24.3 Å². The molecule has 0 saturated carbocycles. The molecule has 1 unspecified atom stereocenters. The maximum Gasteiger partial charge on any atom is 0.344 e. The van der Waals surface area contributed by atoms with Crippen molar-refractivity contribution in [2.24, 2.45) is 0 Å². The lowest BCUT2D eigenvalue weighted by atomic mass is 10.1. The molecule has 1 N–H and O–H groups in total. The zero-order valence-corrected chi connectivity index (χ0v) is 17.0. The van der Waals surface area contributed by atoms with Gasteiger partial charge in [0.05, 0.1) is 10.6 Å². The third-order valence-electron chi connectivity index (χ3n) is 4.23. The lowest BCUT2D eigenvalue weighted by Gasteiger charge is -2.14. The number of aliphatic carboxylic acids is 1. The molecule has 2 aromatic rings. The van der Waals surface area contributed by atoms with Crippen molar-refractivity contribution >= 4 is 51.9 Å². The molecule has 3 rings (SSSR count). The molecule has 1 atom stereocenters. The van der Waals surface area contributed by atoms with E-state index in [0.29, 0.717) is 15.0 Å². The number of thiocarbonyl (C=S) groups is 1. The third-order valence-corrected chi connectivity index (χ3v) is 5.54. The predicted octanol–water partition coefficient (Wildman–Crippen LogP) is 4.51. The highest BCUT2D eigenvalue weighted by atomic mass is 32.2. The van der Waals surface area contributed by atoms with Gasteiger partial charge in [-0.05, 0) is 54.8 Å². The van der Waals surface area contributed by atoms with Crippen LogP contribution < -0.4 is 9.64 Å². The Labute approximate surface area is 173 Å². The van der Waals surface area contributed by atoms with Gasteiger partial charge in [0.25, 0.3) is 5.91 Å². The number of ether oxygens (including phenoxy) is 1. The number of carbonyl (C=O) groups is 2. The molecule has 0 radical (unpaired) electrons. The van der Waals surface area contributed by atoms with E-state index in [4.69, 9.17) is 22.1 Å². The predicted molar refractivity (Wildman–Crippen MR) is 116 cm³/mol. The zero-order chi connectivity index (χ0) is 20.3. The summed E-state index contributed by atoms with van der Waals surface area (Å²) in [7, 11) is 0. The van der Waals surface area contributed by atoms with Crippen LogP contribution in [0.25, 0.3) is 6.08 Å². The fraction of sp³-hybridized carbons (Fsp3) is 0.190. The molecule has 1 fully saturated rings. The first kappa shape index (κ1) is 20.1. The summed E-state index contributed by atoms with van der Waals surface area (Å²) in [5, 5.41) is 8.90. The number of benzene rings is 2. The number of aryl methyl sites for hydroxylation is 1. The minimum atomic E-state index is -1.03. The van der Waals surface area contributed by atoms with Crippen LogP contribution in [0.1, 0.15) is 25.0 Å². The van der Waals surface area contributed by atoms with Gasteiger partial charge in [-0.1, -0.05) is 55.2 Å². The number of hydrogen-bond acceptors (Lipinski definition) is 5. The topological polar surface area (TPSA) is 66.8 Å². The van der Waals surface area contributed by atoms with E-state index in [1.54, 1.807) is 30.3 Å². The van der Waals surface area contributed by atoms with E-state index in [0.717, 1.165) is 17.7 Å². The Morgan fingerprint density at radius 1 is 1.21 bits per heavy atom. The van der Waals surface area contributed by atoms with Gasteiger partial charge in [-0.3, -0.25) is 9.69 Å². The molecule has 5 nitrogen and oxygen atoms in total. The smallest absolute Gasteiger partial charge is 0.344 e. The van der Waals surface area contributed by atoms with E-state index in [2.05, 4.69) is 6.92 Å². The third kappa shape index (κ3) is 4.43. The molecule has 144 valence electrons. The average Bonchev–Trinajstić information content (AvgIpc) is 2.96. The Morgan fingerprint density at radius 3 is 2.43 bits per heavy atom. The monoisotopic (exact) mass is 413 g/mol. The molecule has 1 heterocycles. The van der Waals surface area contributed by atoms with E-state index < -0.39 is 12.1 Å². The Morgan fingerprint density at radius 2 is 1.86 bits per heavy atom. The minimum Gasteiger partial charge on any atom is -0.479 e. The van der Waals surface area contributed by atoms with Crippen molar-refractivity contribution < 1.29 is 19.4 Å². The first-order valence-corrected chi connectivity index (χ1v) is 9.98. The van der Waals surface area contributed by atoms with Gasteiger partial charge in [0.15, 0.2) is 10.4 Å². The number of carboxylic acid groups (broad SMARTS) is 1. The van der Waals surface area contributed by atoms with E-state index >= 15 is 0 Å². The summed E-state index contributed by atoms with van der Waals surface area (Å²) in [5.74, 6) is -0.727. The highest BCUT2D eigenvalue weighted by Gasteiger charge is 2.33. The molecule has 0 spiro atoms. The fourth-order valence-electron chi connectivity index (χ4n) is 2.62. The van der Waals surface area contributed by atoms with Gasteiger partial charge < -0.3 is 9.84 Å². The van der Waals surface area contributed by atoms with Gasteiger partial charge in [0.2, 0.25) is 0 Å². The average molecular weight is 414 g/mol. The van der Waals surface area contributed by atoms with Gasteiger partial charge in [0, 0.05) is 0 Å². The van der Waals surface area contributed by atoms with Crippen LogP contribution in [-0.4, -0.2) is 27.4 Å². The fourth-order valence-corrected chi connectivity index (χ4v) is 3.92. The first-order valence-electron chi connectivity index (χ1n) is 8.75. The summed E-state index contributed by atoms with van der Waals surface area (Å²) in [5.41, 5.74) is 2.76. The standard InChI is InChI=1S/C21H19NO4S2/c1-3-14-4-8-16(9-5-14)22-19(23)18(28-21(22)27)12-15-6-10-17(11-7-15)26-13(2)20(24)25/h4-13H,3H2,1-2H3,(H,24,25)/b18-12+. The molecule has 0 aromatic heterocycles. The molecule has 1 amide bonds. The van der Waals surface area contributed by atoms with E-state index in [9.17, 15) is 9.59 Å². The molecule has 0 aliphatic carbocycles. The summed E-state index contributed by atoms with van der Waals surface area (Å²) in [6, 6.07) is 14.7. The van der Waals surface area contributed by atoms with Crippen molar-refractivity contribution in [2.75, 3.05) is 4.90 Å². The number of anilines is 1. The molecule has 0 bridgehead atoms. The largest absolute Gasteiger partial charge is 0.479 e. The number of carboxylic acids is 1. The van der Waals surface area contributed by atoms with Crippen LogP contribution in [0.4, 0.5) is 5.69 Å². The Bertz CT molecular complexity index is 936. The molecule has 1 saturated heterocycles. The number of thioether (sulfide) groups is 1.